The van der Waals surface area contributed by atoms with Crippen LogP contribution < -0.4 is 21.3 Å². The largest absolute Gasteiger partial charge is 0.442 e. The van der Waals surface area contributed by atoms with E-state index >= 15 is 4.39 Å². The van der Waals surface area contributed by atoms with Crippen LogP contribution in [0.1, 0.15) is 5.56 Å². The molecule has 38 heavy (non-hydrogen) atoms. The lowest BCUT2D eigenvalue weighted by Crippen LogP contribution is -2.33. The zero-order valence-corrected chi connectivity index (χ0v) is 22.6. The second kappa shape index (κ2) is 14.5. The number of benzene rings is 2. The molecule has 16 heteroatoms. The summed E-state index contributed by atoms with van der Waals surface area (Å²) in [6.45, 7) is 0.907. The van der Waals surface area contributed by atoms with Gasteiger partial charge in [0.25, 0.3) is 5.24 Å². The Bertz CT molecular complexity index is 1180. The Hall–Kier alpha value is -2.70. The number of halogens is 1. The number of thioether (sulfide) groups is 1. The topological polar surface area (TPSA) is 194 Å². The molecule has 12 nitrogen and oxygen atoms in total. The van der Waals surface area contributed by atoms with Crippen LogP contribution in [0.5, 0.6) is 0 Å². The summed E-state index contributed by atoms with van der Waals surface area (Å²) in [4.78, 5) is 53.0. The zero-order chi connectivity index (χ0) is 27.7. The van der Waals surface area contributed by atoms with Gasteiger partial charge in [-0.1, -0.05) is 24.3 Å². The highest BCUT2D eigenvalue weighted by molar-refractivity contribution is 8.21. The summed E-state index contributed by atoms with van der Waals surface area (Å²) in [7, 11) is -3.30. The van der Waals surface area contributed by atoms with Crippen LogP contribution in [-0.2, 0) is 11.3 Å². The molecule has 2 unspecified atom stereocenters. The first kappa shape index (κ1) is 29.9. The molecule has 0 spiro atoms. The monoisotopic (exact) mass is 584 g/mol. The minimum atomic E-state index is -2.48. The van der Waals surface area contributed by atoms with E-state index in [2.05, 4.69) is 15.7 Å². The third-order valence-corrected chi connectivity index (χ3v) is 9.20. The lowest BCUT2D eigenvalue weighted by molar-refractivity contribution is 0.141. The van der Waals surface area contributed by atoms with Crippen molar-refractivity contribution in [3.63, 3.8) is 0 Å². The molecule has 1 fully saturated rings. The van der Waals surface area contributed by atoms with Gasteiger partial charge in [-0.3, -0.25) is 9.69 Å². The van der Waals surface area contributed by atoms with E-state index in [1.165, 1.54) is 17.2 Å². The van der Waals surface area contributed by atoms with Crippen molar-refractivity contribution < 1.29 is 33.4 Å². The van der Waals surface area contributed by atoms with Gasteiger partial charge in [-0.25, -0.2) is 14.7 Å². The minimum absolute atomic E-state index is 0.0341. The molecule has 0 aromatic heterocycles. The highest BCUT2D eigenvalue weighted by Gasteiger charge is 2.33. The molecule has 0 saturated carbocycles. The molecule has 1 saturated heterocycles. The molecule has 0 radical (unpaired) electrons. The molecule has 204 valence electrons. The van der Waals surface area contributed by atoms with Crippen molar-refractivity contribution in [3.05, 3.63) is 65.7 Å². The minimum Gasteiger partial charge on any atom is -0.442 e. The summed E-state index contributed by atoms with van der Waals surface area (Å²) in [5.74, 6) is -0.524. The molecule has 1 aliphatic rings. The van der Waals surface area contributed by atoms with Gasteiger partial charge in [-0.05, 0) is 41.1 Å². The number of nitrogens with zero attached hydrogens (tertiary/aromatic N) is 2. The molecule has 8 N–H and O–H groups in total. The van der Waals surface area contributed by atoms with Crippen LogP contribution in [0, 0.1) is 11.3 Å². The summed E-state index contributed by atoms with van der Waals surface area (Å²) < 4.78 is 19.2. The Labute approximate surface area is 225 Å². The third-order valence-electron chi connectivity index (χ3n) is 5.39. The van der Waals surface area contributed by atoms with Crippen LogP contribution in [0.15, 0.2) is 59.5 Å². The van der Waals surface area contributed by atoms with Crippen LogP contribution >= 0.6 is 28.9 Å². The highest BCUT2D eigenvalue weighted by atomic mass is 32.2. The number of carbonyl (C=O) groups is 2. The number of amides is 2. The van der Waals surface area contributed by atoms with E-state index in [-0.39, 0.29) is 13.1 Å². The quantitative estimate of drug-likeness (QED) is 0.145. The van der Waals surface area contributed by atoms with E-state index in [0.717, 1.165) is 5.56 Å². The number of hydrogen-bond acceptors (Lipinski definition) is 11. The van der Waals surface area contributed by atoms with Crippen LogP contribution in [-0.4, -0.2) is 56.5 Å². The Balaban J connectivity index is 1.57. The fourth-order valence-electron chi connectivity index (χ4n) is 3.48. The lowest BCUT2D eigenvalue weighted by atomic mass is 10.0. The molecular weight excluding hydrogens is 557 g/mol. The van der Waals surface area contributed by atoms with Crippen LogP contribution in [0.3, 0.4) is 0 Å². The van der Waals surface area contributed by atoms with Gasteiger partial charge in [-0.2, -0.15) is 5.11 Å². The predicted octanol–water partition coefficient (Wildman–Crippen LogP) is 3.35. The van der Waals surface area contributed by atoms with Gasteiger partial charge >= 0.3 is 6.09 Å². The number of nitrogens with one attached hydrogen (secondary N) is 3. The number of hydrogen-bond donors (Lipinski definition) is 7. The van der Waals surface area contributed by atoms with Crippen LogP contribution in [0.25, 0.3) is 11.1 Å². The van der Waals surface area contributed by atoms with E-state index < -0.39 is 45.2 Å². The molecule has 0 aliphatic carbocycles. The maximum absolute atomic E-state index is 15.0. The molecule has 2 amide bonds. The van der Waals surface area contributed by atoms with E-state index in [9.17, 15) is 19.4 Å². The van der Waals surface area contributed by atoms with Crippen molar-refractivity contribution in [3.8, 4) is 11.1 Å². The Kier molecular flexibility index (Phi) is 11.4. The molecule has 2 aromatic rings. The molecule has 1 heterocycles. The zero-order valence-electron chi connectivity index (χ0n) is 19.9. The normalized spacial score (nSPS) is 16.8. The van der Waals surface area contributed by atoms with Crippen molar-refractivity contribution in [2.24, 2.45) is 10.8 Å². The summed E-state index contributed by atoms with van der Waals surface area (Å²) in [5, 5.41) is 8.31. The number of carbonyl (C=O) groups excluding carboxylic acids is 2. The third kappa shape index (κ3) is 8.15. The first-order valence-electron chi connectivity index (χ1n) is 11.1. The maximum Gasteiger partial charge on any atom is 0.414 e. The SMILES string of the molecule is N=N/C(=C\N)CNCc1ccc(-c2ccc(N3C[C@H](CNC(=O)SC(PO)P(O)O)OC3=O)cc2F)cc1. The predicted molar refractivity (Wildman–Crippen MR) is 145 cm³/mol. The average Bonchev–Trinajstić information content (AvgIpc) is 3.29. The summed E-state index contributed by atoms with van der Waals surface area (Å²) >= 11 is 0.560. The fourth-order valence-corrected chi connectivity index (χ4v) is 5.46. The van der Waals surface area contributed by atoms with E-state index in [4.69, 9.17) is 20.9 Å². The fraction of sp³-hybridized carbons (Fsp3) is 0.273. The molecule has 2 aromatic carbocycles. The molecule has 3 rings (SSSR count). The van der Waals surface area contributed by atoms with Crippen molar-refractivity contribution in [2.75, 3.05) is 24.5 Å². The first-order valence-corrected chi connectivity index (χ1v) is 14.3. The summed E-state index contributed by atoms with van der Waals surface area (Å²) in [6.07, 6.45) is -0.116. The van der Waals surface area contributed by atoms with Gasteiger partial charge in [0.05, 0.1) is 24.5 Å². The van der Waals surface area contributed by atoms with Gasteiger partial charge in [0, 0.05) is 33.7 Å². The Morgan fingerprint density at radius 1 is 1.37 bits per heavy atom. The number of cyclic esters (lactones) is 1. The van der Waals surface area contributed by atoms with Gasteiger partial charge in [-0.15, -0.1) is 0 Å². The van der Waals surface area contributed by atoms with Crippen molar-refractivity contribution in [2.45, 2.75) is 17.4 Å². The van der Waals surface area contributed by atoms with Crippen molar-refractivity contribution in [1.82, 2.24) is 10.6 Å². The summed E-state index contributed by atoms with van der Waals surface area (Å²) in [5.41, 5.74) is 15.0. The Morgan fingerprint density at radius 3 is 2.71 bits per heavy atom. The van der Waals surface area contributed by atoms with Gasteiger partial charge < -0.3 is 35.8 Å². The molecule has 1 aliphatic heterocycles. The van der Waals surface area contributed by atoms with E-state index in [0.29, 0.717) is 47.4 Å². The number of nitrogens with two attached hydrogens (primary N) is 1. The number of rotatable bonds is 12. The van der Waals surface area contributed by atoms with Crippen molar-refractivity contribution in [1.29, 1.82) is 5.53 Å². The van der Waals surface area contributed by atoms with Crippen LogP contribution in [0.2, 0.25) is 0 Å². The van der Waals surface area contributed by atoms with E-state index in [1.807, 2.05) is 12.1 Å². The van der Waals surface area contributed by atoms with Gasteiger partial charge in [0.1, 0.15) is 16.7 Å². The molecule has 3 atom stereocenters. The number of ether oxygens (including phenoxy) is 1. The molecular formula is C22H27FN6O6P2S. The van der Waals surface area contributed by atoms with Gasteiger partial charge in [0.15, 0.2) is 8.38 Å². The van der Waals surface area contributed by atoms with Gasteiger partial charge in [0.2, 0.25) is 0 Å². The molecule has 0 bridgehead atoms. The average molecular weight is 585 g/mol. The standard InChI is InChI=1S/C22H27FN6O6P2S/c23-19-7-16(29-12-17(35-21(29)31)11-27-20(30)38-22(36-32)37(33)34)5-6-18(19)14-3-1-13(2-4-14)9-26-10-15(8-24)28-25/h1-8,17,22,25-26,32-34,36H,9-12,24H2,(H,27,30)/b15-8-,28-25?/t17-,22?/m0/s1. The Morgan fingerprint density at radius 2 is 2.11 bits per heavy atom. The van der Waals surface area contributed by atoms with Crippen LogP contribution in [0.4, 0.5) is 19.7 Å². The second-order valence-electron chi connectivity index (χ2n) is 7.94. The number of anilines is 1. The van der Waals surface area contributed by atoms with E-state index in [1.54, 1.807) is 24.3 Å². The lowest BCUT2D eigenvalue weighted by Gasteiger charge is -2.15. The maximum atomic E-state index is 15.0. The van der Waals surface area contributed by atoms with Crippen molar-refractivity contribution >= 4 is 46.0 Å². The second-order valence-corrected chi connectivity index (χ2v) is 12.3. The highest BCUT2D eigenvalue weighted by Crippen LogP contribution is 2.48. The first-order chi connectivity index (χ1) is 18.2. The summed E-state index contributed by atoms with van der Waals surface area (Å²) in [6, 6.07) is 11.7. The smallest absolute Gasteiger partial charge is 0.414 e.